The molecule has 1 aliphatic heterocycles. The number of carbonyl (C=O) groups excluding carboxylic acids is 2. The predicted octanol–water partition coefficient (Wildman–Crippen LogP) is 4.20. The molecule has 0 saturated heterocycles. The normalized spacial score (nSPS) is 19.8. The van der Waals surface area contributed by atoms with Crippen LogP contribution in [0.4, 0.5) is 0 Å². The monoisotopic (exact) mass is 398 g/mol. The Morgan fingerprint density at radius 2 is 1.87 bits per heavy atom. The average Bonchev–Trinajstić information content (AvgIpc) is 2.81. The van der Waals surface area contributed by atoms with Gasteiger partial charge in [0.05, 0.1) is 11.1 Å². The van der Waals surface area contributed by atoms with Crippen molar-refractivity contribution in [3.8, 4) is 5.75 Å². The highest BCUT2D eigenvalue weighted by molar-refractivity contribution is 9.09. The minimum Gasteiger partial charge on any atom is -0.450 e. The Morgan fingerprint density at radius 1 is 1.22 bits per heavy atom. The zero-order valence-corrected chi connectivity index (χ0v) is 14.8. The summed E-state index contributed by atoms with van der Waals surface area (Å²) in [6.07, 6.45) is 4.28. The highest BCUT2D eigenvalue weighted by atomic mass is 79.9. The maximum Gasteiger partial charge on any atom is 0.344 e. The molecule has 0 radical (unpaired) electrons. The quantitative estimate of drug-likeness (QED) is 0.434. The Balaban J connectivity index is 1.92. The first-order chi connectivity index (χ1) is 11.1. The molecule has 1 aliphatic carbocycles. The van der Waals surface area contributed by atoms with Gasteiger partial charge < -0.3 is 9.47 Å². The largest absolute Gasteiger partial charge is 0.450 e. The number of esters is 2. The molecule has 1 spiro atoms. The number of hydrogen-bond acceptors (Lipinski definition) is 4. The van der Waals surface area contributed by atoms with Crippen LogP contribution >= 0.6 is 27.5 Å². The van der Waals surface area contributed by atoms with E-state index in [1.165, 1.54) is 0 Å². The lowest BCUT2D eigenvalue weighted by molar-refractivity contribution is -0.150. The van der Waals surface area contributed by atoms with Gasteiger partial charge in [-0.05, 0) is 49.9 Å². The van der Waals surface area contributed by atoms with E-state index in [4.69, 9.17) is 21.1 Å². The van der Waals surface area contributed by atoms with Crippen molar-refractivity contribution in [3.63, 3.8) is 0 Å². The van der Waals surface area contributed by atoms with E-state index in [0.29, 0.717) is 34.8 Å². The van der Waals surface area contributed by atoms with Crippen LogP contribution in [0.5, 0.6) is 5.75 Å². The lowest BCUT2D eigenvalue weighted by Gasteiger charge is -2.33. The van der Waals surface area contributed by atoms with E-state index in [-0.39, 0.29) is 5.33 Å². The molecule has 0 N–H and O–H groups in total. The summed E-state index contributed by atoms with van der Waals surface area (Å²) >= 11 is 9.12. The summed E-state index contributed by atoms with van der Waals surface area (Å²) < 4.78 is 11.1. The van der Waals surface area contributed by atoms with Crippen molar-refractivity contribution in [2.75, 3.05) is 5.33 Å². The summed E-state index contributed by atoms with van der Waals surface area (Å²) in [6.45, 7) is 0. The Kier molecular flexibility index (Phi) is 4.78. The zero-order valence-electron chi connectivity index (χ0n) is 12.4. The van der Waals surface area contributed by atoms with Crippen molar-refractivity contribution < 1.29 is 19.1 Å². The van der Waals surface area contributed by atoms with Crippen LogP contribution in [-0.2, 0) is 14.3 Å². The Hall–Kier alpha value is -1.33. The minimum atomic E-state index is -0.818. The van der Waals surface area contributed by atoms with Crippen LogP contribution < -0.4 is 4.74 Å². The van der Waals surface area contributed by atoms with Crippen LogP contribution in [0, 0.1) is 0 Å². The SMILES string of the molecule is O=C1OC2(CCCCC2)C(C(=O)Oc2ccc(Cl)cc2)=C1CBr. The lowest BCUT2D eigenvalue weighted by Crippen LogP contribution is -2.38. The fraction of sp³-hybridized carbons (Fsp3) is 0.412. The van der Waals surface area contributed by atoms with Gasteiger partial charge in [0.1, 0.15) is 11.4 Å². The summed E-state index contributed by atoms with van der Waals surface area (Å²) in [4.78, 5) is 24.9. The first-order valence-corrected chi connectivity index (χ1v) is 9.06. The van der Waals surface area contributed by atoms with E-state index in [1.54, 1.807) is 24.3 Å². The highest BCUT2D eigenvalue weighted by Gasteiger charge is 2.51. The molecule has 1 aromatic rings. The maximum atomic E-state index is 12.7. The van der Waals surface area contributed by atoms with E-state index in [1.807, 2.05) is 0 Å². The number of rotatable bonds is 3. The van der Waals surface area contributed by atoms with E-state index >= 15 is 0 Å². The standard InChI is InChI=1S/C17H16BrClO4/c18-10-13-14(16(21)22-12-6-4-11(19)5-7-12)17(23-15(13)20)8-2-1-3-9-17/h4-7H,1-3,8-10H2. The van der Waals surface area contributed by atoms with Gasteiger partial charge in [0.25, 0.3) is 0 Å². The molecule has 23 heavy (non-hydrogen) atoms. The molecule has 0 unspecified atom stereocenters. The molecule has 6 heteroatoms. The molecular formula is C17H16BrClO4. The van der Waals surface area contributed by atoms with Gasteiger partial charge in [-0.2, -0.15) is 0 Å². The third kappa shape index (κ3) is 3.17. The van der Waals surface area contributed by atoms with Crippen molar-refractivity contribution in [1.29, 1.82) is 0 Å². The van der Waals surface area contributed by atoms with Crippen molar-refractivity contribution in [2.24, 2.45) is 0 Å². The van der Waals surface area contributed by atoms with Gasteiger partial charge in [0, 0.05) is 10.4 Å². The second-order valence-corrected chi connectivity index (χ2v) is 6.77. The second kappa shape index (κ2) is 6.65. The molecular weight excluding hydrogens is 384 g/mol. The highest BCUT2D eigenvalue weighted by Crippen LogP contribution is 2.44. The summed E-state index contributed by atoms with van der Waals surface area (Å²) in [5, 5.41) is 0.840. The van der Waals surface area contributed by atoms with Gasteiger partial charge in [-0.25, -0.2) is 9.59 Å². The fourth-order valence-electron chi connectivity index (χ4n) is 3.23. The topological polar surface area (TPSA) is 52.6 Å². The average molecular weight is 400 g/mol. The van der Waals surface area contributed by atoms with E-state index < -0.39 is 17.5 Å². The van der Waals surface area contributed by atoms with Gasteiger partial charge in [-0.15, -0.1) is 0 Å². The zero-order chi connectivity index (χ0) is 16.4. The summed E-state index contributed by atoms with van der Waals surface area (Å²) in [7, 11) is 0. The third-order valence-corrected chi connectivity index (χ3v) is 5.13. The van der Waals surface area contributed by atoms with Crippen LogP contribution in [0.15, 0.2) is 35.4 Å². The van der Waals surface area contributed by atoms with E-state index in [9.17, 15) is 9.59 Å². The van der Waals surface area contributed by atoms with Crippen LogP contribution in [0.1, 0.15) is 32.1 Å². The minimum absolute atomic E-state index is 0.276. The molecule has 122 valence electrons. The molecule has 1 aromatic carbocycles. The van der Waals surface area contributed by atoms with Crippen molar-refractivity contribution >= 4 is 39.5 Å². The third-order valence-electron chi connectivity index (χ3n) is 4.32. The Morgan fingerprint density at radius 3 is 2.48 bits per heavy atom. The maximum absolute atomic E-state index is 12.7. The second-order valence-electron chi connectivity index (χ2n) is 5.78. The summed E-state index contributed by atoms with van der Waals surface area (Å²) in [5.41, 5.74) is -0.0815. The summed E-state index contributed by atoms with van der Waals surface area (Å²) in [5.74, 6) is -0.549. The number of halogens is 2. The Labute approximate surface area is 147 Å². The van der Waals surface area contributed by atoms with Crippen LogP contribution in [-0.4, -0.2) is 22.9 Å². The van der Waals surface area contributed by atoms with Gasteiger partial charge in [-0.3, -0.25) is 0 Å². The van der Waals surface area contributed by atoms with Crippen molar-refractivity contribution in [1.82, 2.24) is 0 Å². The van der Waals surface area contributed by atoms with Crippen molar-refractivity contribution in [2.45, 2.75) is 37.7 Å². The summed E-state index contributed by atoms with van der Waals surface area (Å²) in [6, 6.07) is 6.55. The molecule has 1 heterocycles. The van der Waals surface area contributed by atoms with Gasteiger partial charge in [0.2, 0.25) is 0 Å². The van der Waals surface area contributed by atoms with Crippen LogP contribution in [0.2, 0.25) is 5.02 Å². The molecule has 2 aliphatic rings. The molecule has 4 nitrogen and oxygen atoms in total. The lowest BCUT2D eigenvalue weighted by atomic mass is 9.79. The van der Waals surface area contributed by atoms with E-state index in [0.717, 1.165) is 19.3 Å². The van der Waals surface area contributed by atoms with Crippen LogP contribution in [0.25, 0.3) is 0 Å². The number of ether oxygens (including phenoxy) is 2. The van der Waals surface area contributed by atoms with Gasteiger partial charge in [0.15, 0.2) is 0 Å². The number of alkyl halides is 1. The van der Waals surface area contributed by atoms with Gasteiger partial charge >= 0.3 is 11.9 Å². The predicted molar refractivity (Wildman–Crippen MR) is 89.8 cm³/mol. The van der Waals surface area contributed by atoms with E-state index in [2.05, 4.69) is 15.9 Å². The first-order valence-electron chi connectivity index (χ1n) is 7.56. The molecule has 1 saturated carbocycles. The number of benzene rings is 1. The Bertz CT molecular complexity index is 660. The molecule has 1 fully saturated rings. The molecule has 0 atom stereocenters. The number of carbonyl (C=O) groups is 2. The first kappa shape index (κ1) is 16.5. The van der Waals surface area contributed by atoms with Crippen LogP contribution in [0.3, 0.4) is 0 Å². The number of hydrogen-bond donors (Lipinski definition) is 0. The molecule has 0 bridgehead atoms. The smallest absolute Gasteiger partial charge is 0.344 e. The molecule has 0 aromatic heterocycles. The molecule has 0 amide bonds. The van der Waals surface area contributed by atoms with Crippen molar-refractivity contribution in [3.05, 3.63) is 40.4 Å². The fourth-order valence-corrected chi connectivity index (χ4v) is 3.87. The van der Waals surface area contributed by atoms with Gasteiger partial charge in [-0.1, -0.05) is 34.0 Å². The molecule has 3 rings (SSSR count).